The second kappa shape index (κ2) is 10.3. The predicted molar refractivity (Wildman–Crippen MR) is 138 cm³/mol. The summed E-state index contributed by atoms with van der Waals surface area (Å²) < 4.78 is 2.39. The third kappa shape index (κ3) is 4.84. The maximum Gasteiger partial charge on any atom is 0.0486 e. The molecule has 3 aromatic carbocycles. The van der Waals surface area contributed by atoms with Crippen molar-refractivity contribution in [2.24, 2.45) is 0 Å². The number of aromatic nitrogens is 1. The van der Waals surface area contributed by atoms with Crippen molar-refractivity contribution in [1.82, 2.24) is 9.47 Å². The number of fused-ring (bicyclic) bond motifs is 1. The van der Waals surface area contributed by atoms with Crippen molar-refractivity contribution in [2.75, 3.05) is 13.1 Å². The van der Waals surface area contributed by atoms with Crippen LogP contribution in [0.15, 0.2) is 79.0 Å². The first kappa shape index (κ1) is 23.2. The summed E-state index contributed by atoms with van der Waals surface area (Å²) in [6.07, 6.45) is 4.52. The Kier molecular flexibility index (Phi) is 7.48. The molecule has 0 bridgehead atoms. The Balaban J connectivity index is 0.00000245. The van der Waals surface area contributed by atoms with Gasteiger partial charge in [-0.15, -0.1) is 12.4 Å². The summed E-state index contributed by atoms with van der Waals surface area (Å²) in [4.78, 5) is 2.57. The fraction of sp³-hybridized carbons (Fsp3) is 0.259. The first-order valence-corrected chi connectivity index (χ1v) is 11.7. The van der Waals surface area contributed by atoms with Crippen molar-refractivity contribution in [3.63, 3.8) is 0 Å². The quantitative estimate of drug-likeness (QED) is 0.280. The minimum absolute atomic E-state index is 0. The highest BCUT2D eigenvalue weighted by atomic mass is 35.5. The predicted octanol–water partition coefficient (Wildman–Crippen LogP) is 7.80. The van der Waals surface area contributed by atoms with Crippen LogP contribution in [0.5, 0.6) is 0 Å². The molecule has 0 saturated carbocycles. The lowest BCUT2D eigenvalue weighted by molar-refractivity contribution is 0.205. The molecule has 1 aliphatic rings. The molecule has 0 spiro atoms. The van der Waals surface area contributed by atoms with Gasteiger partial charge in [-0.3, -0.25) is 4.90 Å². The second-order valence-electron chi connectivity index (χ2n) is 8.47. The van der Waals surface area contributed by atoms with E-state index in [4.69, 9.17) is 23.2 Å². The molecule has 0 unspecified atom stereocenters. The molecule has 4 aromatic rings. The van der Waals surface area contributed by atoms with Crippen LogP contribution in [0.25, 0.3) is 10.9 Å². The van der Waals surface area contributed by atoms with Gasteiger partial charge >= 0.3 is 0 Å². The van der Waals surface area contributed by atoms with Gasteiger partial charge in [0.1, 0.15) is 0 Å². The fourth-order valence-corrected chi connectivity index (χ4v) is 5.59. The molecule has 1 aliphatic heterocycles. The monoisotopic (exact) mass is 484 g/mol. The fourth-order valence-electron chi connectivity index (χ4n) is 4.88. The minimum atomic E-state index is 0. The van der Waals surface area contributed by atoms with Gasteiger partial charge in [0, 0.05) is 40.2 Å². The molecule has 2 heterocycles. The van der Waals surface area contributed by atoms with Gasteiger partial charge < -0.3 is 4.57 Å². The largest absolute Gasteiger partial charge is 0.343 e. The van der Waals surface area contributed by atoms with Crippen LogP contribution >= 0.6 is 35.6 Å². The molecule has 0 amide bonds. The Morgan fingerprint density at radius 3 is 2.12 bits per heavy atom. The molecule has 5 heteroatoms. The van der Waals surface area contributed by atoms with E-state index in [1.807, 2.05) is 18.2 Å². The van der Waals surface area contributed by atoms with E-state index < -0.39 is 0 Å². The number of hydrogen-bond donors (Lipinski definition) is 0. The van der Waals surface area contributed by atoms with Gasteiger partial charge in [-0.2, -0.15) is 0 Å². The lowest BCUT2D eigenvalue weighted by Crippen LogP contribution is -2.32. The van der Waals surface area contributed by atoms with E-state index in [-0.39, 0.29) is 12.4 Å². The van der Waals surface area contributed by atoms with Gasteiger partial charge in [0.05, 0.1) is 0 Å². The number of likely N-dealkylation sites (tertiary alicyclic amines) is 1. The molecule has 2 nitrogen and oxygen atoms in total. The van der Waals surface area contributed by atoms with Gasteiger partial charge in [0.25, 0.3) is 0 Å². The normalized spacial score (nSPS) is 15.1. The Hall–Kier alpha value is -1.97. The summed E-state index contributed by atoms with van der Waals surface area (Å²) in [5.41, 5.74) is 5.16. The molecule has 5 rings (SSSR count). The average molecular weight is 486 g/mol. The molecular weight excluding hydrogens is 459 g/mol. The summed E-state index contributed by atoms with van der Waals surface area (Å²) in [6, 6.07) is 25.3. The Morgan fingerprint density at radius 1 is 0.750 bits per heavy atom. The minimum Gasteiger partial charge on any atom is -0.343 e. The van der Waals surface area contributed by atoms with E-state index in [0.717, 1.165) is 54.6 Å². The molecule has 0 N–H and O–H groups in total. The van der Waals surface area contributed by atoms with Crippen LogP contribution in [0.1, 0.15) is 35.4 Å². The summed E-state index contributed by atoms with van der Waals surface area (Å²) in [5, 5.41) is 2.96. The summed E-state index contributed by atoms with van der Waals surface area (Å²) >= 11 is 12.9. The van der Waals surface area contributed by atoms with Crippen LogP contribution in [-0.2, 0) is 13.1 Å². The number of hydrogen-bond acceptors (Lipinski definition) is 1. The molecule has 1 saturated heterocycles. The first-order valence-electron chi connectivity index (χ1n) is 11.0. The third-order valence-electron chi connectivity index (χ3n) is 6.46. The molecule has 0 aliphatic carbocycles. The summed E-state index contributed by atoms with van der Waals surface area (Å²) in [5.74, 6) is 0.442. The SMILES string of the molecule is Cl.Clc1cccc(Cl)c1C1CCN(Cc2cn(Cc3ccccc3)c3ccccc23)CC1. The zero-order valence-electron chi connectivity index (χ0n) is 17.9. The van der Waals surface area contributed by atoms with Crippen molar-refractivity contribution < 1.29 is 0 Å². The van der Waals surface area contributed by atoms with Gasteiger partial charge in [-0.1, -0.05) is 77.8 Å². The van der Waals surface area contributed by atoms with Crippen LogP contribution in [0.4, 0.5) is 0 Å². The van der Waals surface area contributed by atoms with Gasteiger partial charge in [0.15, 0.2) is 0 Å². The van der Waals surface area contributed by atoms with Crippen molar-refractivity contribution in [3.8, 4) is 0 Å². The highest BCUT2D eigenvalue weighted by molar-refractivity contribution is 6.36. The summed E-state index contributed by atoms with van der Waals surface area (Å²) in [6.45, 7) is 3.99. The van der Waals surface area contributed by atoms with E-state index in [1.54, 1.807) is 0 Å². The van der Waals surface area contributed by atoms with Crippen molar-refractivity contribution in [1.29, 1.82) is 0 Å². The van der Waals surface area contributed by atoms with Crippen LogP contribution < -0.4 is 0 Å². The lowest BCUT2D eigenvalue weighted by atomic mass is 9.89. The number of halogens is 3. The zero-order valence-corrected chi connectivity index (χ0v) is 20.2. The van der Waals surface area contributed by atoms with Gasteiger partial charge in [-0.05, 0) is 66.7 Å². The molecule has 32 heavy (non-hydrogen) atoms. The Labute approximate surface area is 206 Å². The Bertz CT molecular complexity index is 1160. The third-order valence-corrected chi connectivity index (χ3v) is 7.12. The maximum absolute atomic E-state index is 6.46. The smallest absolute Gasteiger partial charge is 0.0486 e. The van der Waals surface area contributed by atoms with E-state index in [9.17, 15) is 0 Å². The highest BCUT2D eigenvalue weighted by Crippen LogP contribution is 2.38. The molecule has 166 valence electrons. The average Bonchev–Trinajstić information content (AvgIpc) is 3.13. The molecule has 0 radical (unpaired) electrons. The lowest BCUT2D eigenvalue weighted by Gasteiger charge is -2.32. The molecule has 1 fully saturated rings. The van der Waals surface area contributed by atoms with Crippen LogP contribution in [0, 0.1) is 0 Å². The topological polar surface area (TPSA) is 8.17 Å². The zero-order chi connectivity index (χ0) is 21.2. The molecule has 1 aromatic heterocycles. The highest BCUT2D eigenvalue weighted by Gasteiger charge is 2.24. The number of para-hydroxylation sites is 1. The van der Waals surface area contributed by atoms with Crippen molar-refractivity contribution >= 4 is 46.5 Å². The standard InChI is InChI=1S/C27H26Cl2N2.ClH/c28-24-10-6-11-25(29)27(24)21-13-15-30(16-14-21)18-22-19-31(17-20-7-2-1-3-8-20)26-12-5-4-9-23(22)26;/h1-12,19,21H,13-18H2;1H. The number of benzene rings is 3. The van der Waals surface area contributed by atoms with Crippen LogP contribution in [0.2, 0.25) is 10.0 Å². The van der Waals surface area contributed by atoms with E-state index in [2.05, 4.69) is 70.3 Å². The van der Waals surface area contributed by atoms with Gasteiger partial charge in [-0.25, -0.2) is 0 Å². The van der Waals surface area contributed by atoms with Crippen LogP contribution in [0.3, 0.4) is 0 Å². The van der Waals surface area contributed by atoms with E-state index >= 15 is 0 Å². The van der Waals surface area contributed by atoms with E-state index in [1.165, 1.54) is 22.0 Å². The van der Waals surface area contributed by atoms with E-state index in [0.29, 0.717) is 5.92 Å². The van der Waals surface area contributed by atoms with Crippen LogP contribution in [-0.4, -0.2) is 22.6 Å². The second-order valence-corrected chi connectivity index (χ2v) is 9.29. The van der Waals surface area contributed by atoms with Gasteiger partial charge in [0.2, 0.25) is 0 Å². The number of nitrogens with zero attached hydrogens (tertiary/aromatic N) is 2. The van der Waals surface area contributed by atoms with Crippen molar-refractivity contribution in [2.45, 2.75) is 31.8 Å². The number of rotatable bonds is 5. The number of piperidine rings is 1. The first-order chi connectivity index (χ1) is 15.2. The van der Waals surface area contributed by atoms with Crippen molar-refractivity contribution in [3.05, 3.63) is 106 Å². The maximum atomic E-state index is 6.46. The summed E-state index contributed by atoms with van der Waals surface area (Å²) in [7, 11) is 0. The molecule has 0 atom stereocenters. The molecular formula is C27H27Cl3N2. The Morgan fingerprint density at radius 2 is 1.41 bits per heavy atom.